The van der Waals surface area contributed by atoms with Gasteiger partial charge in [0.15, 0.2) is 0 Å². The number of hydrogen-bond donors (Lipinski definition) is 2. The summed E-state index contributed by atoms with van der Waals surface area (Å²) in [7, 11) is -3.65. The Morgan fingerprint density at radius 1 is 1.54 bits per heavy atom. The predicted octanol–water partition coefficient (Wildman–Crippen LogP) is -0.922. The lowest BCUT2D eigenvalue weighted by Crippen LogP contribution is -2.30. The number of nitrogens with two attached hydrogens (primary N) is 1. The number of aromatic nitrogens is 2. The van der Waals surface area contributed by atoms with E-state index < -0.39 is 10.2 Å². The van der Waals surface area contributed by atoms with Crippen molar-refractivity contribution in [3.63, 3.8) is 0 Å². The second-order valence-corrected chi connectivity index (χ2v) is 3.90. The monoisotopic (exact) mass is 202 g/mol. The highest BCUT2D eigenvalue weighted by Crippen LogP contribution is 1.95. The first-order valence-corrected chi connectivity index (χ1v) is 5.07. The third-order valence-electron chi connectivity index (χ3n) is 1.31. The lowest BCUT2D eigenvalue weighted by atomic mass is 10.3. The number of nitrogens with zero attached hydrogens (tertiary/aromatic N) is 2. The van der Waals surface area contributed by atoms with Gasteiger partial charge >= 0.3 is 0 Å². The fourth-order valence-corrected chi connectivity index (χ4v) is 1.13. The fourth-order valence-electron chi connectivity index (χ4n) is 0.781. The van der Waals surface area contributed by atoms with E-state index in [0.29, 0.717) is 5.69 Å². The largest absolute Gasteiger partial charge is 0.274 e. The maximum atomic E-state index is 10.5. The molecule has 0 atom stereocenters. The first-order chi connectivity index (χ1) is 5.97. The Labute approximate surface area is 76.4 Å². The summed E-state index contributed by atoms with van der Waals surface area (Å²) in [6.45, 7) is 1.88. The Morgan fingerprint density at radius 2 is 2.23 bits per heavy atom. The molecule has 0 aliphatic heterocycles. The normalized spacial score (nSPS) is 11.5. The molecular weight excluding hydrogens is 192 g/mol. The molecule has 1 aromatic rings. The van der Waals surface area contributed by atoms with Crippen LogP contribution in [0.5, 0.6) is 0 Å². The van der Waals surface area contributed by atoms with Crippen LogP contribution < -0.4 is 9.86 Å². The Kier molecular flexibility index (Phi) is 2.91. The number of aryl methyl sites for hydroxylation is 1. The number of hydrogen-bond acceptors (Lipinski definition) is 4. The average Bonchev–Trinajstić information content (AvgIpc) is 2.00. The van der Waals surface area contributed by atoms with Gasteiger partial charge < -0.3 is 0 Å². The molecule has 1 aromatic heterocycles. The van der Waals surface area contributed by atoms with Gasteiger partial charge in [-0.1, -0.05) is 0 Å². The van der Waals surface area contributed by atoms with E-state index in [9.17, 15) is 8.42 Å². The lowest BCUT2D eigenvalue weighted by molar-refractivity contribution is 0.582. The summed E-state index contributed by atoms with van der Waals surface area (Å²) in [5, 5.41) is 4.74. The van der Waals surface area contributed by atoms with E-state index in [1.807, 2.05) is 0 Å². The van der Waals surface area contributed by atoms with E-state index in [4.69, 9.17) is 5.14 Å². The van der Waals surface area contributed by atoms with Gasteiger partial charge in [0.1, 0.15) is 6.33 Å². The lowest BCUT2D eigenvalue weighted by Gasteiger charge is -2.01. The van der Waals surface area contributed by atoms with Gasteiger partial charge in [-0.05, 0) is 13.0 Å². The molecule has 0 spiro atoms. The van der Waals surface area contributed by atoms with E-state index in [-0.39, 0.29) is 6.54 Å². The van der Waals surface area contributed by atoms with Crippen molar-refractivity contribution in [3.05, 3.63) is 23.8 Å². The van der Waals surface area contributed by atoms with Crippen molar-refractivity contribution in [1.29, 1.82) is 0 Å². The smallest absolute Gasteiger partial charge is 0.242 e. The summed E-state index contributed by atoms with van der Waals surface area (Å²) < 4.78 is 23.2. The van der Waals surface area contributed by atoms with Gasteiger partial charge in [0.2, 0.25) is 0 Å². The van der Waals surface area contributed by atoms with E-state index in [0.717, 1.165) is 5.69 Å². The first kappa shape index (κ1) is 10.0. The standard InChI is InChI=1S/C6H10N4O2S/c1-5-2-6(9-4-8-5)3-10-13(7,11)12/h2,4,10H,3H2,1H3,(H2,7,11,12). The minimum Gasteiger partial charge on any atom is -0.242 e. The highest BCUT2D eigenvalue weighted by Gasteiger charge is 2.01. The van der Waals surface area contributed by atoms with E-state index >= 15 is 0 Å². The van der Waals surface area contributed by atoms with Crippen molar-refractivity contribution in [2.75, 3.05) is 0 Å². The van der Waals surface area contributed by atoms with Crippen LogP contribution in [0.15, 0.2) is 12.4 Å². The molecule has 3 N–H and O–H groups in total. The molecule has 1 heterocycles. The van der Waals surface area contributed by atoms with E-state index in [1.165, 1.54) is 6.33 Å². The molecule has 0 aliphatic rings. The van der Waals surface area contributed by atoms with Gasteiger partial charge in [0, 0.05) is 5.69 Å². The van der Waals surface area contributed by atoms with Gasteiger partial charge in [0.05, 0.1) is 12.2 Å². The zero-order valence-corrected chi connectivity index (χ0v) is 7.87. The molecule has 0 amide bonds. The summed E-state index contributed by atoms with van der Waals surface area (Å²) in [6.07, 6.45) is 1.37. The van der Waals surface area contributed by atoms with Crippen LogP contribution in [-0.2, 0) is 16.8 Å². The Balaban J connectivity index is 2.65. The molecular formula is C6H10N4O2S. The molecule has 0 aliphatic carbocycles. The van der Waals surface area contributed by atoms with E-state index in [1.54, 1.807) is 13.0 Å². The van der Waals surface area contributed by atoms with Crippen molar-refractivity contribution in [1.82, 2.24) is 14.7 Å². The number of rotatable bonds is 3. The van der Waals surface area contributed by atoms with E-state index in [2.05, 4.69) is 14.7 Å². The van der Waals surface area contributed by atoms with Crippen molar-refractivity contribution in [2.24, 2.45) is 5.14 Å². The molecule has 72 valence electrons. The van der Waals surface area contributed by atoms with Crippen molar-refractivity contribution >= 4 is 10.2 Å². The van der Waals surface area contributed by atoms with Crippen LogP contribution in [0.3, 0.4) is 0 Å². The second kappa shape index (κ2) is 3.77. The Bertz CT molecular complexity index is 389. The number of nitrogens with one attached hydrogen (secondary N) is 1. The minimum atomic E-state index is -3.65. The quantitative estimate of drug-likeness (QED) is 0.662. The maximum Gasteiger partial charge on any atom is 0.274 e. The van der Waals surface area contributed by atoms with Crippen LogP contribution in [0.1, 0.15) is 11.4 Å². The van der Waals surface area contributed by atoms with Crippen LogP contribution in [0, 0.1) is 6.92 Å². The molecule has 0 saturated heterocycles. The first-order valence-electron chi connectivity index (χ1n) is 3.52. The summed E-state index contributed by atoms with van der Waals surface area (Å²) in [5.41, 5.74) is 1.36. The van der Waals surface area contributed by atoms with Crippen molar-refractivity contribution < 1.29 is 8.42 Å². The molecule has 13 heavy (non-hydrogen) atoms. The van der Waals surface area contributed by atoms with Crippen LogP contribution in [0.2, 0.25) is 0 Å². The average molecular weight is 202 g/mol. The summed E-state index contributed by atoms with van der Waals surface area (Å²) in [5.74, 6) is 0. The van der Waals surface area contributed by atoms with Crippen molar-refractivity contribution in [2.45, 2.75) is 13.5 Å². The molecule has 0 unspecified atom stereocenters. The van der Waals surface area contributed by atoms with Crippen LogP contribution >= 0.6 is 0 Å². The molecule has 0 fully saturated rings. The predicted molar refractivity (Wildman–Crippen MR) is 46.7 cm³/mol. The third kappa shape index (κ3) is 3.92. The summed E-state index contributed by atoms with van der Waals surface area (Å²) >= 11 is 0. The highest BCUT2D eigenvalue weighted by molar-refractivity contribution is 7.87. The molecule has 0 aromatic carbocycles. The van der Waals surface area contributed by atoms with Gasteiger partial charge in [-0.2, -0.15) is 13.1 Å². The zero-order chi connectivity index (χ0) is 9.90. The van der Waals surface area contributed by atoms with Crippen LogP contribution in [0.25, 0.3) is 0 Å². The summed E-state index contributed by atoms with van der Waals surface area (Å²) in [4.78, 5) is 7.71. The summed E-state index contributed by atoms with van der Waals surface area (Å²) in [6, 6.07) is 1.68. The molecule has 7 heteroatoms. The Morgan fingerprint density at radius 3 is 2.77 bits per heavy atom. The van der Waals surface area contributed by atoms with Crippen molar-refractivity contribution in [3.8, 4) is 0 Å². The Hall–Kier alpha value is -1.05. The zero-order valence-electron chi connectivity index (χ0n) is 7.06. The third-order valence-corrected chi connectivity index (χ3v) is 1.86. The second-order valence-electron chi connectivity index (χ2n) is 2.52. The molecule has 6 nitrogen and oxygen atoms in total. The van der Waals surface area contributed by atoms with Gasteiger partial charge in [-0.25, -0.2) is 15.1 Å². The topological polar surface area (TPSA) is 98.0 Å². The SMILES string of the molecule is Cc1cc(CNS(N)(=O)=O)ncn1. The molecule has 0 saturated carbocycles. The molecule has 0 radical (unpaired) electrons. The minimum absolute atomic E-state index is 0.0855. The van der Waals surface area contributed by atoms with Crippen LogP contribution in [0.4, 0.5) is 0 Å². The van der Waals surface area contributed by atoms with Gasteiger partial charge in [-0.3, -0.25) is 0 Å². The highest BCUT2D eigenvalue weighted by atomic mass is 32.2. The van der Waals surface area contributed by atoms with Crippen LogP contribution in [-0.4, -0.2) is 18.4 Å². The molecule has 0 bridgehead atoms. The van der Waals surface area contributed by atoms with Gasteiger partial charge in [-0.15, -0.1) is 0 Å². The molecule has 1 rings (SSSR count). The maximum absolute atomic E-state index is 10.5. The van der Waals surface area contributed by atoms with Gasteiger partial charge in [0.25, 0.3) is 10.2 Å². The fraction of sp³-hybridized carbons (Fsp3) is 0.333.